The average Bonchev–Trinajstić information content (AvgIpc) is 2.84. The van der Waals surface area contributed by atoms with Gasteiger partial charge < -0.3 is 9.51 Å². The van der Waals surface area contributed by atoms with E-state index >= 15 is 0 Å². The molecular formula is C15H13FN2O. The van der Waals surface area contributed by atoms with Crippen molar-refractivity contribution in [1.82, 2.24) is 9.38 Å². The highest BCUT2D eigenvalue weighted by Gasteiger charge is 2.06. The molecule has 2 aromatic heterocycles. The molecule has 0 atom stereocenters. The summed E-state index contributed by atoms with van der Waals surface area (Å²) in [7, 11) is 0. The minimum Gasteiger partial charge on any atom is -0.392 e. The molecule has 19 heavy (non-hydrogen) atoms. The van der Waals surface area contributed by atoms with Crippen molar-refractivity contribution in [2.24, 2.45) is 0 Å². The molecule has 0 radical (unpaired) electrons. The second-order valence-corrected chi connectivity index (χ2v) is 4.55. The molecule has 0 bridgehead atoms. The first-order chi connectivity index (χ1) is 9.17. The van der Waals surface area contributed by atoms with Crippen LogP contribution in [-0.4, -0.2) is 14.5 Å². The Balaban J connectivity index is 2.11. The molecule has 0 aliphatic rings. The molecular weight excluding hydrogens is 243 g/mol. The Morgan fingerprint density at radius 2 is 2.05 bits per heavy atom. The molecule has 0 spiro atoms. The average molecular weight is 256 g/mol. The number of fused-ring (bicyclic) bond motifs is 1. The van der Waals surface area contributed by atoms with Crippen LogP contribution in [0.3, 0.4) is 0 Å². The Morgan fingerprint density at radius 3 is 2.79 bits per heavy atom. The number of aliphatic hydroxyl groups is 1. The molecule has 0 aliphatic heterocycles. The van der Waals surface area contributed by atoms with Crippen LogP contribution in [0.2, 0.25) is 0 Å². The number of nitrogens with zero attached hydrogens (tertiary/aromatic N) is 2. The van der Waals surface area contributed by atoms with E-state index in [1.165, 1.54) is 6.07 Å². The Hall–Kier alpha value is -2.20. The first-order valence-electron chi connectivity index (χ1n) is 6.02. The lowest BCUT2D eigenvalue weighted by molar-refractivity contribution is 0.281. The van der Waals surface area contributed by atoms with Crippen LogP contribution in [0, 0.1) is 12.7 Å². The maximum Gasteiger partial charge on any atom is 0.137 e. The van der Waals surface area contributed by atoms with Gasteiger partial charge in [0.1, 0.15) is 11.5 Å². The highest BCUT2D eigenvalue weighted by Crippen LogP contribution is 2.22. The minimum atomic E-state index is -0.213. The molecule has 3 rings (SSSR count). The smallest absolute Gasteiger partial charge is 0.137 e. The van der Waals surface area contributed by atoms with Gasteiger partial charge >= 0.3 is 0 Å². The maximum atomic E-state index is 13.3. The van der Waals surface area contributed by atoms with Crippen molar-refractivity contribution in [2.75, 3.05) is 0 Å². The predicted molar refractivity (Wildman–Crippen MR) is 71.2 cm³/mol. The summed E-state index contributed by atoms with van der Waals surface area (Å²) in [4.78, 5) is 4.49. The number of imidazole rings is 1. The lowest BCUT2D eigenvalue weighted by Crippen LogP contribution is -1.88. The topological polar surface area (TPSA) is 37.5 Å². The van der Waals surface area contributed by atoms with Gasteiger partial charge in [-0.2, -0.15) is 0 Å². The van der Waals surface area contributed by atoms with E-state index in [1.54, 1.807) is 19.1 Å². The van der Waals surface area contributed by atoms with Crippen LogP contribution in [0.4, 0.5) is 4.39 Å². The fourth-order valence-corrected chi connectivity index (χ4v) is 2.07. The van der Waals surface area contributed by atoms with Gasteiger partial charge in [0, 0.05) is 18.0 Å². The minimum absolute atomic E-state index is 0.000883. The fraction of sp³-hybridized carbons (Fsp3) is 0.133. The molecule has 0 aliphatic carbocycles. The summed E-state index contributed by atoms with van der Waals surface area (Å²) in [6, 6.07) is 8.64. The van der Waals surface area contributed by atoms with Crippen molar-refractivity contribution in [2.45, 2.75) is 13.5 Å². The fourth-order valence-electron chi connectivity index (χ4n) is 2.07. The Labute approximate surface area is 110 Å². The van der Waals surface area contributed by atoms with Gasteiger partial charge in [0.25, 0.3) is 0 Å². The number of halogens is 1. The van der Waals surface area contributed by atoms with Crippen LogP contribution >= 0.6 is 0 Å². The number of aryl methyl sites for hydroxylation is 1. The van der Waals surface area contributed by atoms with Crippen molar-refractivity contribution in [3.63, 3.8) is 0 Å². The van der Waals surface area contributed by atoms with E-state index in [9.17, 15) is 4.39 Å². The molecule has 1 aromatic carbocycles. The Morgan fingerprint density at radius 1 is 1.21 bits per heavy atom. The van der Waals surface area contributed by atoms with E-state index in [2.05, 4.69) is 4.98 Å². The van der Waals surface area contributed by atoms with Gasteiger partial charge in [-0.1, -0.05) is 6.07 Å². The highest BCUT2D eigenvalue weighted by atomic mass is 19.1. The molecule has 0 unspecified atom stereocenters. The van der Waals surface area contributed by atoms with Crippen LogP contribution in [0.25, 0.3) is 16.9 Å². The Kier molecular flexibility index (Phi) is 2.80. The first kappa shape index (κ1) is 11.9. The first-order valence-corrected chi connectivity index (χ1v) is 6.02. The zero-order valence-electron chi connectivity index (χ0n) is 10.5. The predicted octanol–water partition coefficient (Wildman–Crippen LogP) is 2.94. The highest BCUT2D eigenvalue weighted by molar-refractivity contribution is 5.63. The standard InChI is InChI=1S/C15H13FN2O/c1-10-6-12(3-4-13(10)16)14-8-18-7-11(9-19)2-5-15(18)17-14/h2-8,19H,9H2,1H3. The number of rotatable bonds is 2. The molecule has 0 saturated heterocycles. The van der Waals surface area contributed by atoms with Crippen LogP contribution in [0.15, 0.2) is 42.7 Å². The van der Waals surface area contributed by atoms with E-state index in [0.29, 0.717) is 5.56 Å². The van der Waals surface area contributed by atoms with Crippen LogP contribution in [-0.2, 0) is 6.61 Å². The van der Waals surface area contributed by atoms with E-state index < -0.39 is 0 Å². The molecule has 3 aromatic rings. The molecule has 96 valence electrons. The van der Waals surface area contributed by atoms with E-state index in [0.717, 1.165) is 22.5 Å². The van der Waals surface area contributed by atoms with Crippen molar-refractivity contribution in [1.29, 1.82) is 0 Å². The van der Waals surface area contributed by atoms with E-state index in [4.69, 9.17) is 5.11 Å². The summed E-state index contributed by atoms with van der Waals surface area (Å²) < 4.78 is 15.1. The molecule has 0 saturated carbocycles. The van der Waals surface area contributed by atoms with Crippen molar-refractivity contribution < 1.29 is 9.50 Å². The molecule has 1 N–H and O–H groups in total. The largest absolute Gasteiger partial charge is 0.392 e. The number of hydrogen-bond acceptors (Lipinski definition) is 2. The van der Waals surface area contributed by atoms with E-state index in [-0.39, 0.29) is 12.4 Å². The van der Waals surface area contributed by atoms with Gasteiger partial charge in [-0.3, -0.25) is 0 Å². The third-order valence-electron chi connectivity index (χ3n) is 3.15. The van der Waals surface area contributed by atoms with E-state index in [1.807, 2.05) is 28.9 Å². The maximum absolute atomic E-state index is 13.3. The van der Waals surface area contributed by atoms with Gasteiger partial charge in [-0.25, -0.2) is 9.37 Å². The number of benzene rings is 1. The third-order valence-corrected chi connectivity index (χ3v) is 3.15. The van der Waals surface area contributed by atoms with Gasteiger partial charge in [0.05, 0.1) is 12.3 Å². The summed E-state index contributed by atoms with van der Waals surface area (Å²) >= 11 is 0. The van der Waals surface area contributed by atoms with Gasteiger partial charge in [-0.05, 0) is 42.3 Å². The number of aliphatic hydroxyl groups excluding tert-OH is 1. The summed E-state index contributed by atoms with van der Waals surface area (Å²) in [5, 5.41) is 9.11. The van der Waals surface area contributed by atoms with Crippen LogP contribution in [0.5, 0.6) is 0 Å². The van der Waals surface area contributed by atoms with Crippen molar-refractivity contribution >= 4 is 5.65 Å². The summed E-state index contributed by atoms with van der Waals surface area (Å²) in [6.07, 6.45) is 3.71. The normalized spacial score (nSPS) is 11.1. The molecule has 3 nitrogen and oxygen atoms in total. The number of aromatic nitrogens is 2. The zero-order chi connectivity index (χ0) is 13.4. The summed E-state index contributed by atoms with van der Waals surface area (Å²) in [6.45, 7) is 1.73. The zero-order valence-corrected chi connectivity index (χ0v) is 10.5. The monoisotopic (exact) mass is 256 g/mol. The molecule has 0 amide bonds. The number of hydrogen-bond donors (Lipinski definition) is 1. The molecule has 4 heteroatoms. The van der Waals surface area contributed by atoms with Crippen molar-refractivity contribution in [3.8, 4) is 11.3 Å². The lowest BCUT2D eigenvalue weighted by Gasteiger charge is -1.99. The number of pyridine rings is 1. The second kappa shape index (κ2) is 4.48. The van der Waals surface area contributed by atoms with Crippen LogP contribution < -0.4 is 0 Å². The quantitative estimate of drug-likeness (QED) is 0.765. The summed E-state index contributed by atoms with van der Waals surface area (Å²) in [5.74, 6) is -0.213. The lowest BCUT2D eigenvalue weighted by atomic mass is 10.1. The van der Waals surface area contributed by atoms with Crippen molar-refractivity contribution in [3.05, 3.63) is 59.7 Å². The van der Waals surface area contributed by atoms with Gasteiger partial charge in [0.2, 0.25) is 0 Å². The second-order valence-electron chi connectivity index (χ2n) is 4.55. The SMILES string of the molecule is Cc1cc(-c2cn3cc(CO)ccc3n2)ccc1F. The van der Waals surface area contributed by atoms with Gasteiger partial charge in [0.15, 0.2) is 0 Å². The third kappa shape index (κ3) is 2.11. The summed E-state index contributed by atoms with van der Waals surface area (Å²) in [5.41, 5.74) is 3.90. The Bertz CT molecular complexity index is 749. The molecule has 0 fully saturated rings. The van der Waals surface area contributed by atoms with Gasteiger partial charge in [-0.15, -0.1) is 0 Å². The van der Waals surface area contributed by atoms with Crippen LogP contribution in [0.1, 0.15) is 11.1 Å². The molecule has 2 heterocycles.